The van der Waals surface area contributed by atoms with E-state index in [-0.39, 0.29) is 18.9 Å². The number of nitrogens with one attached hydrogen (secondary N) is 2. The summed E-state index contributed by atoms with van der Waals surface area (Å²) in [4.78, 5) is 38.1. The van der Waals surface area contributed by atoms with Gasteiger partial charge < -0.3 is 20.5 Å². The second-order valence-electron chi connectivity index (χ2n) is 6.86. The number of rotatable bonds is 12. The molecule has 0 unspecified atom stereocenters. The molecule has 0 aromatic heterocycles. The molecule has 1 rings (SSSR count). The molecule has 1 aromatic carbocycles. The number of guanidine groups is 1. The number of ether oxygens (including phenoxy) is 2. The number of aliphatic imine (C=N–C) groups is 1. The molecule has 0 aliphatic rings. The second kappa shape index (κ2) is 14.2. The number of carbonyl (C=O) groups excluding carboxylic acids is 2. The molecule has 0 aliphatic carbocycles. The van der Waals surface area contributed by atoms with Crippen molar-refractivity contribution in [3.05, 3.63) is 57.7 Å². The zero-order chi connectivity index (χ0) is 23.9. The summed E-state index contributed by atoms with van der Waals surface area (Å²) in [6, 6.07) is 6.33. The summed E-state index contributed by atoms with van der Waals surface area (Å²) in [5, 5.41) is 12.0. The normalized spacial score (nSPS) is 12.0. The van der Waals surface area contributed by atoms with Crippen molar-refractivity contribution < 1.29 is 24.1 Å². The lowest BCUT2D eigenvalue weighted by Gasteiger charge is -2.14. The molecule has 11 nitrogen and oxygen atoms in total. The lowest BCUT2D eigenvalue weighted by atomic mass is 10.1. The van der Waals surface area contributed by atoms with Gasteiger partial charge in [0, 0.05) is 12.6 Å². The van der Waals surface area contributed by atoms with E-state index in [4.69, 9.17) is 15.2 Å². The van der Waals surface area contributed by atoms with Crippen molar-refractivity contribution in [3.8, 4) is 5.75 Å². The molecule has 0 aliphatic heterocycles. The van der Waals surface area contributed by atoms with Crippen molar-refractivity contribution in [3.63, 3.8) is 0 Å². The van der Waals surface area contributed by atoms with Gasteiger partial charge in [0.15, 0.2) is 5.03 Å². The van der Waals surface area contributed by atoms with Gasteiger partial charge in [-0.2, -0.15) is 0 Å². The van der Waals surface area contributed by atoms with E-state index in [0.29, 0.717) is 18.8 Å². The highest BCUT2D eigenvalue weighted by Gasteiger charge is 2.20. The summed E-state index contributed by atoms with van der Waals surface area (Å²) in [5.74, 6) is -0.705. The predicted molar refractivity (Wildman–Crippen MR) is 120 cm³/mol. The minimum absolute atomic E-state index is 0.133. The van der Waals surface area contributed by atoms with Crippen LogP contribution in [0.4, 0.5) is 0 Å². The summed E-state index contributed by atoms with van der Waals surface area (Å²) in [6.07, 6.45) is 5.46. The largest absolute Gasteiger partial charge is 0.490 e. The number of esters is 1. The van der Waals surface area contributed by atoms with Gasteiger partial charge in [0.25, 0.3) is 5.96 Å². The number of nitrogens with two attached hydrogens (primary N) is 1. The Balaban J connectivity index is 2.57. The van der Waals surface area contributed by atoms with Crippen LogP contribution in [0.25, 0.3) is 6.08 Å². The van der Waals surface area contributed by atoms with Gasteiger partial charge in [-0.1, -0.05) is 23.1 Å². The molecule has 1 amide bonds. The topological polar surface area (TPSA) is 158 Å². The van der Waals surface area contributed by atoms with Gasteiger partial charge in [0.1, 0.15) is 18.4 Å². The first-order chi connectivity index (χ1) is 15.2. The van der Waals surface area contributed by atoms with Crippen LogP contribution in [0, 0.1) is 10.1 Å². The van der Waals surface area contributed by atoms with Gasteiger partial charge in [-0.3, -0.25) is 4.79 Å². The molecule has 0 bridgehead atoms. The predicted octanol–water partition coefficient (Wildman–Crippen LogP) is 1.58. The first-order valence-corrected chi connectivity index (χ1v) is 9.85. The Kier molecular flexibility index (Phi) is 11.6. The van der Waals surface area contributed by atoms with E-state index in [1.807, 2.05) is 19.9 Å². The Morgan fingerprint density at radius 3 is 2.56 bits per heavy atom. The number of hydrogen-bond acceptors (Lipinski definition) is 7. The molecule has 0 radical (unpaired) electrons. The maximum Gasteiger partial charge on any atom is 0.328 e. The van der Waals surface area contributed by atoms with E-state index in [1.54, 1.807) is 35.8 Å². The molecule has 0 heterocycles. The van der Waals surface area contributed by atoms with Crippen LogP contribution in [0.3, 0.4) is 0 Å². The minimum Gasteiger partial charge on any atom is -0.490 e. The molecular weight excluding hydrogens is 418 g/mol. The van der Waals surface area contributed by atoms with Crippen LogP contribution in [0.15, 0.2) is 47.0 Å². The number of hydrogen-bond donors (Lipinski definition) is 3. The third-order valence-corrected chi connectivity index (χ3v) is 3.99. The molecule has 11 heteroatoms. The zero-order valence-electron chi connectivity index (χ0n) is 18.4. The number of carbonyl (C=O) groups is 2. The molecule has 32 heavy (non-hydrogen) atoms. The maximum atomic E-state index is 12.2. The van der Waals surface area contributed by atoms with E-state index < -0.39 is 23.0 Å². The number of nitro groups is 1. The molecule has 174 valence electrons. The van der Waals surface area contributed by atoms with Crippen LogP contribution in [0.1, 0.15) is 32.3 Å². The highest BCUT2D eigenvalue weighted by molar-refractivity contribution is 5.94. The first-order valence-electron chi connectivity index (χ1n) is 9.85. The summed E-state index contributed by atoms with van der Waals surface area (Å²) in [5.41, 5.74) is 8.99. The van der Waals surface area contributed by atoms with Gasteiger partial charge in [-0.05, 0) is 56.5 Å². The fraction of sp³-hybridized carbons (Fsp3) is 0.381. The molecule has 0 saturated heterocycles. The van der Waals surface area contributed by atoms with Gasteiger partial charge in [0.2, 0.25) is 5.91 Å². The van der Waals surface area contributed by atoms with Crippen molar-refractivity contribution in [2.45, 2.75) is 32.7 Å². The average Bonchev–Trinajstić information content (AvgIpc) is 2.74. The summed E-state index contributed by atoms with van der Waals surface area (Å²) in [7, 11) is 1.22. The van der Waals surface area contributed by atoms with E-state index in [1.165, 1.54) is 18.8 Å². The van der Waals surface area contributed by atoms with Crippen molar-refractivity contribution in [1.82, 2.24) is 10.7 Å². The minimum atomic E-state index is -0.886. The highest BCUT2D eigenvalue weighted by Crippen LogP contribution is 2.13. The quantitative estimate of drug-likeness (QED) is 0.0637. The average molecular weight is 447 g/mol. The fourth-order valence-electron chi connectivity index (χ4n) is 2.39. The Morgan fingerprint density at radius 1 is 1.28 bits per heavy atom. The van der Waals surface area contributed by atoms with Crippen LogP contribution in [-0.2, 0) is 14.3 Å². The van der Waals surface area contributed by atoms with Crippen LogP contribution < -0.4 is 21.2 Å². The maximum absolute atomic E-state index is 12.2. The summed E-state index contributed by atoms with van der Waals surface area (Å²) in [6.45, 7) is 4.61. The molecule has 4 N–H and O–H groups in total. The molecule has 1 atom stereocenters. The van der Waals surface area contributed by atoms with Crippen molar-refractivity contribution >= 4 is 23.9 Å². The van der Waals surface area contributed by atoms with Crippen molar-refractivity contribution in [2.24, 2.45) is 10.7 Å². The molecule has 0 fully saturated rings. The first kappa shape index (κ1) is 26.1. The number of methoxy groups -OCH3 is 1. The molecule has 1 aromatic rings. The van der Waals surface area contributed by atoms with Gasteiger partial charge in [0.05, 0.1) is 7.11 Å². The summed E-state index contributed by atoms with van der Waals surface area (Å²) >= 11 is 0. The van der Waals surface area contributed by atoms with Gasteiger partial charge in [-0.25, -0.2) is 19.9 Å². The van der Waals surface area contributed by atoms with E-state index in [0.717, 1.165) is 5.56 Å². The lowest BCUT2D eigenvalue weighted by molar-refractivity contribution is -0.525. The van der Waals surface area contributed by atoms with Crippen molar-refractivity contribution in [2.75, 3.05) is 20.3 Å². The van der Waals surface area contributed by atoms with E-state index in [2.05, 4.69) is 10.3 Å². The number of hydrazine groups is 1. The zero-order valence-corrected chi connectivity index (χ0v) is 18.4. The molecular formula is C21H29N5O6. The third kappa shape index (κ3) is 11.3. The number of amides is 1. The van der Waals surface area contributed by atoms with Gasteiger partial charge >= 0.3 is 5.97 Å². The van der Waals surface area contributed by atoms with E-state index >= 15 is 0 Å². The number of allylic oxidation sites excluding steroid dienone is 1. The van der Waals surface area contributed by atoms with E-state index in [9.17, 15) is 19.7 Å². The Labute approximate surface area is 186 Å². The number of nitrogens with zero attached hydrogens (tertiary/aromatic N) is 2. The molecule has 0 saturated carbocycles. The third-order valence-electron chi connectivity index (χ3n) is 3.99. The molecule has 0 spiro atoms. The Bertz CT molecular complexity index is 860. The van der Waals surface area contributed by atoms with Gasteiger partial charge in [-0.15, -0.1) is 0 Å². The Hall–Kier alpha value is -3.89. The summed E-state index contributed by atoms with van der Waals surface area (Å²) < 4.78 is 10.3. The SMILES string of the molecule is COC(=O)[C@H](CCCN=C(N)N[N+](=O)[O-])NC(=O)/C=C/c1ccc(OCC=C(C)C)cc1. The monoisotopic (exact) mass is 447 g/mol. The highest BCUT2D eigenvalue weighted by atomic mass is 16.7. The Morgan fingerprint density at radius 2 is 1.97 bits per heavy atom. The standard InChI is InChI=1S/C21H29N5O6/c1-15(2)12-14-32-17-9-6-16(7-10-17)8-11-19(27)24-18(20(28)31-3)5-4-13-23-21(22)25-26(29)30/h6-12,18H,4-5,13-14H2,1-3H3,(H,24,27)(H3,22,23,25)/b11-8+/t18-/m0/s1. The van der Waals surface area contributed by atoms with Crippen LogP contribution in [0.2, 0.25) is 0 Å². The van der Waals surface area contributed by atoms with Crippen LogP contribution in [-0.4, -0.2) is 49.2 Å². The van der Waals surface area contributed by atoms with Crippen LogP contribution >= 0.6 is 0 Å². The second-order valence-corrected chi connectivity index (χ2v) is 6.86. The fourth-order valence-corrected chi connectivity index (χ4v) is 2.39. The number of benzene rings is 1. The van der Waals surface area contributed by atoms with Crippen molar-refractivity contribution in [1.29, 1.82) is 0 Å². The lowest BCUT2D eigenvalue weighted by Crippen LogP contribution is -2.41. The van der Waals surface area contributed by atoms with Crippen LogP contribution in [0.5, 0.6) is 5.75 Å². The smallest absolute Gasteiger partial charge is 0.328 e.